The Bertz CT molecular complexity index is 615. The van der Waals surface area contributed by atoms with Crippen LogP contribution in [0.1, 0.15) is 11.7 Å². The van der Waals surface area contributed by atoms with Gasteiger partial charge in [-0.2, -0.15) is 0 Å². The van der Waals surface area contributed by atoms with Gasteiger partial charge in [-0.05, 0) is 17.7 Å². The number of carbonyl (C=O) groups excluding carboxylic acids is 1. The molecule has 122 valence electrons. The fraction of sp³-hybridized carbons (Fsp3) is 0.278. The summed E-state index contributed by atoms with van der Waals surface area (Å²) in [5, 5.41) is 2.81. The molecule has 2 aromatic rings. The molecule has 0 radical (unpaired) electrons. The number of ether oxygens (including phenoxy) is 3. The van der Waals surface area contributed by atoms with Gasteiger partial charge in [0.2, 0.25) is 0 Å². The Morgan fingerprint density at radius 1 is 1.00 bits per heavy atom. The lowest BCUT2D eigenvalue weighted by molar-refractivity contribution is -0.123. The molecule has 2 rings (SSSR count). The average molecular weight is 315 g/mol. The highest BCUT2D eigenvalue weighted by Gasteiger charge is 2.12. The van der Waals surface area contributed by atoms with Gasteiger partial charge >= 0.3 is 0 Å². The van der Waals surface area contributed by atoms with E-state index in [0.29, 0.717) is 18.0 Å². The quantitative estimate of drug-likeness (QED) is 0.813. The largest absolute Gasteiger partial charge is 0.493 e. The fourth-order valence-electron chi connectivity index (χ4n) is 2.14. The minimum Gasteiger partial charge on any atom is -0.493 e. The van der Waals surface area contributed by atoms with Gasteiger partial charge in [-0.1, -0.05) is 42.5 Å². The van der Waals surface area contributed by atoms with Crippen LogP contribution in [0.2, 0.25) is 0 Å². The lowest BCUT2D eigenvalue weighted by Gasteiger charge is -2.17. The number of carbonyl (C=O) groups is 1. The van der Waals surface area contributed by atoms with Crippen molar-refractivity contribution < 1.29 is 19.0 Å². The van der Waals surface area contributed by atoms with Crippen LogP contribution in [0, 0.1) is 0 Å². The predicted octanol–water partition coefficient (Wildman–Crippen LogP) is 2.58. The molecule has 1 N–H and O–H groups in total. The molecule has 0 heterocycles. The molecule has 0 fully saturated rings. The molecular formula is C18H21NO4. The monoisotopic (exact) mass is 315 g/mol. The van der Waals surface area contributed by atoms with Crippen molar-refractivity contribution in [2.24, 2.45) is 0 Å². The second-order valence-electron chi connectivity index (χ2n) is 4.88. The third kappa shape index (κ3) is 5.00. The van der Waals surface area contributed by atoms with Gasteiger partial charge in [-0.25, -0.2) is 0 Å². The summed E-state index contributed by atoms with van der Waals surface area (Å²) >= 11 is 0. The normalized spacial score (nSPS) is 11.6. The van der Waals surface area contributed by atoms with Crippen molar-refractivity contribution in [3.63, 3.8) is 0 Å². The van der Waals surface area contributed by atoms with Gasteiger partial charge in [0.05, 0.1) is 13.2 Å². The topological polar surface area (TPSA) is 56.8 Å². The minimum absolute atomic E-state index is 0.0778. The number of nitrogens with one attached hydrogen (secondary N) is 1. The molecule has 2 aromatic carbocycles. The number of benzene rings is 2. The summed E-state index contributed by atoms with van der Waals surface area (Å²) in [6.07, 6.45) is -0.189. The van der Waals surface area contributed by atoms with E-state index >= 15 is 0 Å². The second kappa shape index (κ2) is 8.80. The van der Waals surface area contributed by atoms with E-state index in [1.54, 1.807) is 26.4 Å². The number of methoxy groups -OCH3 is 2. The maximum atomic E-state index is 11.9. The lowest BCUT2D eigenvalue weighted by Crippen LogP contribution is -2.33. The molecule has 1 amide bonds. The minimum atomic E-state index is -0.214. The molecule has 1 atom stereocenters. The van der Waals surface area contributed by atoms with Crippen LogP contribution in [0.4, 0.5) is 0 Å². The molecule has 5 heteroatoms. The molecule has 1 unspecified atom stereocenters. The number of hydrogen-bond donors (Lipinski definition) is 1. The van der Waals surface area contributed by atoms with Crippen molar-refractivity contribution in [3.8, 4) is 11.5 Å². The van der Waals surface area contributed by atoms with E-state index in [4.69, 9.17) is 14.2 Å². The zero-order valence-electron chi connectivity index (χ0n) is 13.3. The highest BCUT2D eigenvalue weighted by molar-refractivity contribution is 5.77. The third-order valence-corrected chi connectivity index (χ3v) is 3.37. The lowest BCUT2D eigenvalue weighted by atomic mass is 10.1. The Kier molecular flexibility index (Phi) is 6.44. The molecule has 0 aromatic heterocycles. The number of amides is 1. The molecule has 0 spiro atoms. The summed E-state index contributed by atoms with van der Waals surface area (Å²) in [5.41, 5.74) is 1.01. The van der Waals surface area contributed by atoms with Crippen LogP contribution in [0.5, 0.6) is 11.5 Å². The van der Waals surface area contributed by atoms with Crippen molar-refractivity contribution in [1.82, 2.24) is 5.32 Å². The van der Waals surface area contributed by atoms with Gasteiger partial charge in [0.1, 0.15) is 0 Å². The van der Waals surface area contributed by atoms with Crippen molar-refractivity contribution in [1.29, 1.82) is 0 Å². The molecule has 0 aliphatic carbocycles. The predicted molar refractivity (Wildman–Crippen MR) is 87.7 cm³/mol. The van der Waals surface area contributed by atoms with Crippen molar-refractivity contribution in [2.75, 3.05) is 27.4 Å². The first-order chi connectivity index (χ1) is 11.2. The van der Waals surface area contributed by atoms with Gasteiger partial charge in [0.25, 0.3) is 5.91 Å². The van der Waals surface area contributed by atoms with E-state index in [1.807, 2.05) is 42.5 Å². The van der Waals surface area contributed by atoms with E-state index in [-0.39, 0.29) is 18.6 Å². The van der Waals surface area contributed by atoms with Gasteiger partial charge in [0.15, 0.2) is 18.1 Å². The van der Waals surface area contributed by atoms with Crippen LogP contribution in [0.15, 0.2) is 54.6 Å². The van der Waals surface area contributed by atoms with Crippen LogP contribution in [0.25, 0.3) is 0 Å². The number of hydrogen-bond acceptors (Lipinski definition) is 4. The van der Waals surface area contributed by atoms with Crippen LogP contribution in [-0.4, -0.2) is 33.3 Å². The first-order valence-corrected chi connectivity index (χ1v) is 7.35. The first kappa shape index (κ1) is 16.8. The average Bonchev–Trinajstić information content (AvgIpc) is 2.61. The third-order valence-electron chi connectivity index (χ3n) is 3.37. The summed E-state index contributed by atoms with van der Waals surface area (Å²) in [4.78, 5) is 11.9. The molecule has 5 nitrogen and oxygen atoms in total. The van der Waals surface area contributed by atoms with Crippen LogP contribution >= 0.6 is 0 Å². The van der Waals surface area contributed by atoms with Crippen LogP contribution in [0.3, 0.4) is 0 Å². The highest BCUT2D eigenvalue weighted by Crippen LogP contribution is 2.25. The standard InChI is InChI=1S/C18H21NO4/c1-21-15-10-6-7-11-16(15)23-13-18(20)19-12-17(22-2)14-8-4-3-5-9-14/h3-11,17H,12-13H2,1-2H3,(H,19,20). The Morgan fingerprint density at radius 3 is 2.30 bits per heavy atom. The van der Waals surface area contributed by atoms with E-state index in [1.165, 1.54) is 0 Å². The summed E-state index contributed by atoms with van der Waals surface area (Å²) in [5.74, 6) is 0.921. The molecule has 0 aliphatic rings. The zero-order chi connectivity index (χ0) is 16.5. The van der Waals surface area contributed by atoms with Gasteiger partial charge in [0, 0.05) is 13.7 Å². The SMILES string of the molecule is COc1ccccc1OCC(=O)NCC(OC)c1ccccc1. The van der Waals surface area contributed by atoms with E-state index in [9.17, 15) is 4.79 Å². The Morgan fingerprint density at radius 2 is 1.65 bits per heavy atom. The molecule has 0 aliphatic heterocycles. The van der Waals surface area contributed by atoms with Crippen molar-refractivity contribution in [2.45, 2.75) is 6.10 Å². The molecule has 0 saturated heterocycles. The number of para-hydroxylation sites is 2. The van der Waals surface area contributed by atoms with Crippen molar-refractivity contribution in [3.05, 3.63) is 60.2 Å². The summed E-state index contributed by atoms with van der Waals surface area (Å²) in [7, 11) is 3.18. The molecule has 0 saturated carbocycles. The molecule has 23 heavy (non-hydrogen) atoms. The van der Waals surface area contributed by atoms with E-state index < -0.39 is 0 Å². The van der Waals surface area contributed by atoms with Gasteiger partial charge in [-0.3, -0.25) is 4.79 Å². The van der Waals surface area contributed by atoms with E-state index in [0.717, 1.165) is 5.56 Å². The second-order valence-corrected chi connectivity index (χ2v) is 4.88. The maximum absolute atomic E-state index is 11.9. The Balaban J connectivity index is 1.83. The van der Waals surface area contributed by atoms with Crippen LogP contribution < -0.4 is 14.8 Å². The Hall–Kier alpha value is -2.53. The highest BCUT2D eigenvalue weighted by atomic mass is 16.5. The molecular weight excluding hydrogens is 294 g/mol. The van der Waals surface area contributed by atoms with Crippen LogP contribution in [-0.2, 0) is 9.53 Å². The number of rotatable bonds is 8. The first-order valence-electron chi connectivity index (χ1n) is 7.35. The summed E-state index contributed by atoms with van der Waals surface area (Å²) in [6, 6.07) is 17.0. The smallest absolute Gasteiger partial charge is 0.258 e. The maximum Gasteiger partial charge on any atom is 0.258 e. The van der Waals surface area contributed by atoms with E-state index in [2.05, 4.69) is 5.32 Å². The molecule has 0 bridgehead atoms. The summed E-state index contributed by atoms with van der Waals surface area (Å²) < 4.78 is 16.1. The summed E-state index contributed by atoms with van der Waals surface area (Å²) in [6.45, 7) is 0.306. The fourth-order valence-corrected chi connectivity index (χ4v) is 2.14. The Labute approximate surface area is 136 Å². The van der Waals surface area contributed by atoms with Gasteiger partial charge in [-0.15, -0.1) is 0 Å². The zero-order valence-corrected chi connectivity index (χ0v) is 13.3. The van der Waals surface area contributed by atoms with Crippen molar-refractivity contribution >= 4 is 5.91 Å². The van der Waals surface area contributed by atoms with Gasteiger partial charge < -0.3 is 19.5 Å².